The Bertz CT molecular complexity index is 854. The number of amides is 3. The van der Waals surface area contributed by atoms with Gasteiger partial charge in [-0.05, 0) is 47.5 Å². The molecule has 0 spiro atoms. The molecule has 0 atom stereocenters. The first-order valence-corrected chi connectivity index (χ1v) is 8.94. The molecule has 7 heteroatoms. The van der Waals surface area contributed by atoms with Crippen LogP contribution in [0.2, 0.25) is 0 Å². The fraction of sp³-hybridized carbons (Fsp3) is 0.211. The molecule has 0 saturated carbocycles. The third-order valence-electron chi connectivity index (χ3n) is 3.85. The van der Waals surface area contributed by atoms with Gasteiger partial charge in [-0.25, -0.2) is 0 Å². The lowest BCUT2D eigenvalue weighted by Gasteiger charge is -2.13. The van der Waals surface area contributed by atoms with E-state index in [-0.39, 0.29) is 11.4 Å². The van der Waals surface area contributed by atoms with Crippen LogP contribution in [0.4, 0.5) is 10.5 Å². The SMILES string of the molecule is CC(C)c1ccc(NC(=O)CN2C(=O)S/C(=C/c3ccco3)C2=O)cc1. The highest BCUT2D eigenvalue weighted by Gasteiger charge is 2.36. The van der Waals surface area contributed by atoms with Crippen LogP contribution in [0, 0.1) is 0 Å². The first-order chi connectivity index (χ1) is 12.4. The van der Waals surface area contributed by atoms with Crippen LogP contribution in [0.25, 0.3) is 6.08 Å². The summed E-state index contributed by atoms with van der Waals surface area (Å²) in [4.78, 5) is 37.8. The molecule has 2 aromatic rings. The highest BCUT2D eigenvalue weighted by molar-refractivity contribution is 8.18. The quantitative estimate of drug-likeness (QED) is 0.802. The Morgan fingerprint density at radius 2 is 1.96 bits per heavy atom. The van der Waals surface area contributed by atoms with E-state index in [4.69, 9.17) is 4.42 Å². The highest BCUT2D eigenvalue weighted by atomic mass is 32.2. The van der Waals surface area contributed by atoms with E-state index in [1.165, 1.54) is 12.3 Å². The number of anilines is 1. The van der Waals surface area contributed by atoms with Crippen molar-refractivity contribution < 1.29 is 18.8 Å². The summed E-state index contributed by atoms with van der Waals surface area (Å²) in [6.45, 7) is 3.85. The van der Waals surface area contributed by atoms with Crippen LogP contribution in [-0.4, -0.2) is 28.5 Å². The Morgan fingerprint density at radius 1 is 1.23 bits per heavy atom. The molecule has 1 fully saturated rings. The topological polar surface area (TPSA) is 79.6 Å². The van der Waals surface area contributed by atoms with E-state index in [1.54, 1.807) is 24.3 Å². The third kappa shape index (κ3) is 4.05. The highest BCUT2D eigenvalue weighted by Crippen LogP contribution is 2.32. The lowest BCUT2D eigenvalue weighted by Crippen LogP contribution is -2.36. The number of thioether (sulfide) groups is 1. The van der Waals surface area contributed by atoms with E-state index in [1.807, 2.05) is 12.1 Å². The van der Waals surface area contributed by atoms with Crippen molar-refractivity contribution in [3.05, 3.63) is 58.9 Å². The molecule has 1 aliphatic heterocycles. The normalized spacial score (nSPS) is 16.0. The van der Waals surface area contributed by atoms with Gasteiger partial charge in [-0.2, -0.15) is 0 Å². The second-order valence-electron chi connectivity index (χ2n) is 6.11. The van der Waals surface area contributed by atoms with Crippen molar-refractivity contribution in [1.29, 1.82) is 0 Å². The molecule has 1 aromatic carbocycles. The number of carbonyl (C=O) groups is 3. The summed E-state index contributed by atoms with van der Waals surface area (Å²) in [5.74, 6) is -0.0493. The minimum atomic E-state index is -0.498. The standard InChI is InChI=1S/C19H18N2O4S/c1-12(2)13-5-7-14(8-6-13)20-17(22)11-21-18(23)16(26-19(21)24)10-15-4-3-9-25-15/h3-10,12H,11H2,1-2H3,(H,20,22)/b16-10+. The van der Waals surface area contributed by atoms with Crippen LogP contribution in [-0.2, 0) is 9.59 Å². The maximum Gasteiger partial charge on any atom is 0.294 e. The van der Waals surface area contributed by atoms with Gasteiger partial charge >= 0.3 is 0 Å². The van der Waals surface area contributed by atoms with Crippen LogP contribution in [0.5, 0.6) is 0 Å². The fourth-order valence-electron chi connectivity index (χ4n) is 2.43. The Balaban J connectivity index is 1.63. The number of furan rings is 1. The van der Waals surface area contributed by atoms with Gasteiger partial charge in [0.2, 0.25) is 5.91 Å². The van der Waals surface area contributed by atoms with Crippen molar-refractivity contribution >= 4 is 40.6 Å². The van der Waals surface area contributed by atoms with Crippen molar-refractivity contribution in [3.63, 3.8) is 0 Å². The predicted octanol–water partition coefficient (Wildman–Crippen LogP) is 4.08. The van der Waals surface area contributed by atoms with Crippen LogP contribution in [0.1, 0.15) is 31.1 Å². The molecular weight excluding hydrogens is 352 g/mol. The summed E-state index contributed by atoms with van der Waals surface area (Å²) in [5.41, 5.74) is 1.79. The van der Waals surface area contributed by atoms with E-state index in [9.17, 15) is 14.4 Å². The average Bonchev–Trinajstić information content (AvgIpc) is 3.20. The molecule has 1 aliphatic rings. The first-order valence-electron chi connectivity index (χ1n) is 8.12. The average molecular weight is 370 g/mol. The molecule has 0 radical (unpaired) electrons. The molecule has 1 aromatic heterocycles. The van der Waals surface area contributed by atoms with Gasteiger partial charge in [0.05, 0.1) is 11.2 Å². The van der Waals surface area contributed by atoms with E-state index in [0.717, 1.165) is 22.2 Å². The second-order valence-corrected chi connectivity index (χ2v) is 7.10. The first kappa shape index (κ1) is 18.0. The van der Waals surface area contributed by atoms with Gasteiger partial charge in [0, 0.05) is 11.8 Å². The van der Waals surface area contributed by atoms with Gasteiger partial charge in [-0.15, -0.1) is 0 Å². The minimum absolute atomic E-state index is 0.235. The van der Waals surface area contributed by atoms with Gasteiger partial charge in [0.15, 0.2) is 0 Å². The smallest absolute Gasteiger partial charge is 0.294 e. The molecule has 3 rings (SSSR count). The Morgan fingerprint density at radius 3 is 2.58 bits per heavy atom. The summed E-state index contributed by atoms with van der Waals surface area (Å²) in [6.07, 6.45) is 2.97. The third-order valence-corrected chi connectivity index (χ3v) is 4.76. The molecule has 26 heavy (non-hydrogen) atoms. The summed E-state index contributed by atoms with van der Waals surface area (Å²) in [5, 5.41) is 2.23. The molecule has 0 bridgehead atoms. The maximum atomic E-state index is 12.3. The molecule has 0 unspecified atom stereocenters. The Labute approximate surface area is 155 Å². The zero-order chi connectivity index (χ0) is 18.7. The summed E-state index contributed by atoms with van der Waals surface area (Å²) in [6, 6.07) is 10.9. The van der Waals surface area contributed by atoms with E-state index < -0.39 is 17.1 Å². The monoisotopic (exact) mass is 370 g/mol. The summed E-state index contributed by atoms with van der Waals surface area (Å²) in [7, 11) is 0. The van der Waals surface area contributed by atoms with Gasteiger partial charge < -0.3 is 9.73 Å². The van der Waals surface area contributed by atoms with Gasteiger partial charge in [0.1, 0.15) is 12.3 Å². The van der Waals surface area contributed by atoms with Crippen molar-refractivity contribution in [1.82, 2.24) is 4.90 Å². The van der Waals surface area contributed by atoms with Crippen molar-refractivity contribution in [3.8, 4) is 0 Å². The number of hydrogen-bond acceptors (Lipinski definition) is 5. The van der Waals surface area contributed by atoms with Crippen LogP contribution < -0.4 is 5.32 Å². The molecule has 3 amide bonds. The van der Waals surface area contributed by atoms with Crippen LogP contribution in [0.3, 0.4) is 0 Å². The lowest BCUT2D eigenvalue weighted by atomic mass is 10.0. The summed E-state index contributed by atoms with van der Waals surface area (Å²) < 4.78 is 5.15. The van der Waals surface area contributed by atoms with E-state index >= 15 is 0 Å². The fourth-order valence-corrected chi connectivity index (χ4v) is 3.25. The zero-order valence-electron chi connectivity index (χ0n) is 14.4. The predicted molar refractivity (Wildman–Crippen MR) is 101 cm³/mol. The number of nitrogens with one attached hydrogen (secondary N) is 1. The Kier molecular flexibility index (Phi) is 5.27. The molecule has 2 heterocycles. The van der Waals surface area contributed by atoms with Gasteiger partial charge in [0.25, 0.3) is 11.1 Å². The molecule has 6 nitrogen and oxygen atoms in total. The summed E-state index contributed by atoms with van der Waals surface area (Å²) >= 11 is 0.792. The zero-order valence-corrected chi connectivity index (χ0v) is 15.2. The number of nitrogens with zero attached hydrogens (tertiary/aromatic N) is 1. The van der Waals surface area contributed by atoms with Crippen molar-refractivity contribution in [2.45, 2.75) is 19.8 Å². The lowest BCUT2D eigenvalue weighted by molar-refractivity contribution is -0.127. The van der Waals surface area contributed by atoms with Crippen molar-refractivity contribution in [2.24, 2.45) is 0 Å². The van der Waals surface area contributed by atoms with E-state index in [2.05, 4.69) is 19.2 Å². The van der Waals surface area contributed by atoms with Gasteiger partial charge in [-0.1, -0.05) is 26.0 Å². The molecular formula is C19H18N2O4S. The van der Waals surface area contributed by atoms with Crippen LogP contribution >= 0.6 is 11.8 Å². The van der Waals surface area contributed by atoms with Crippen LogP contribution in [0.15, 0.2) is 52.0 Å². The second kappa shape index (κ2) is 7.61. The number of imide groups is 1. The van der Waals surface area contributed by atoms with Crippen molar-refractivity contribution in [2.75, 3.05) is 11.9 Å². The number of carbonyl (C=O) groups excluding carboxylic acids is 3. The molecule has 134 valence electrons. The maximum absolute atomic E-state index is 12.3. The molecule has 1 saturated heterocycles. The number of hydrogen-bond donors (Lipinski definition) is 1. The minimum Gasteiger partial charge on any atom is -0.465 e. The largest absolute Gasteiger partial charge is 0.465 e. The molecule has 0 aliphatic carbocycles. The molecule has 1 N–H and O–H groups in total. The Hall–Kier alpha value is -2.80. The van der Waals surface area contributed by atoms with E-state index in [0.29, 0.717) is 17.4 Å². The number of benzene rings is 1. The van der Waals surface area contributed by atoms with Gasteiger partial charge in [-0.3, -0.25) is 19.3 Å². The number of rotatable bonds is 5.